The van der Waals surface area contributed by atoms with Crippen LogP contribution in [0.15, 0.2) is 24.3 Å². The van der Waals surface area contributed by atoms with Crippen LogP contribution in [0.5, 0.6) is 5.75 Å². The van der Waals surface area contributed by atoms with Crippen molar-refractivity contribution in [1.29, 1.82) is 0 Å². The third-order valence-corrected chi connectivity index (χ3v) is 1.89. The van der Waals surface area contributed by atoms with Gasteiger partial charge in [-0.1, -0.05) is 12.1 Å². The fraction of sp³-hybridized carbons (Fsp3) is 0.364. The van der Waals surface area contributed by atoms with Crippen LogP contribution in [0.4, 0.5) is 0 Å². The molecular formula is C11H13NO. The molecule has 0 spiro atoms. The number of rotatable bonds is 4. The van der Waals surface area contributed by atoms with Crippen LogP contribution in [0.3, 0.4) is 0 Å². The lowest BCUT2D eigenvalue weighted by molar-refractivity contribution is 0.414. The minimum Gasteiger partial charge on any atom is -0.497 e. The molecule has 0 aliphatic heterocycles. The average molecular weight is 175 g/mol. The first-order valence-electron chi connectivity index (χ1n) is 4.33. The minimum absolute atomic E-state index is 0.617. The molecule has 13 heavy (non-hydrogen) atoms. The molecule has 0 bridgehead atoms. The standard InChI is InChI=1S/C11H13NO/c1-12-9-3-4-10-5-7-11(13-2)8-6-10/h5-8H,3-4,9H2,2H3. The molecule has 1 aromatic rings. The molecule has 0 fully saturated rings. The van der Waals surface area contributed by atoms with Gasteiger partial charge in [0.1, 0.15) is 5.75 Å². The molecule has 0 N–H and O–H groups in total. The number of hydrogen-bond donors (Lipinski definition) is 0. The summed E-state index contributed by atoms with van der Waals surface area (Å²) in [6.45, 7) is 7.25. The third kappa shape index (κ3) is 3.16. The Kier molecular flexibility index (Phi) is 3.84. The largest absolute Gasteiger partial charge is 0.497 e. The summed E-state index contributed by atoms with van der Waals surface area (Å²) in [5, 5.41) is 0. The molecule has 1 rings (SSSR count). The van der Waals surface area contributed by atoms with Gasteiger partial charge in [0.2, 0.25) is 6.54 Å². The summed E-state index contributed by atoms with van der Waals surface area (Å²) in [6, 6.07) is 7.99. The van der Waals surface area contributed by atoms with Crippen molar-refractivity contribution in [3.63, 3.8) is 0 Å². The minimum atomic E-state index is 0.617. The fourth-order valence-electron chi connectivity index (χ4n) is 1.15. The lowest BCUT2D eigenvalue weighted by Crippen LogP contribution is -1.88. The van der Waals surface area contributed by atoms with E-state index in [9.17, 15) is 0 Å². The lowest BCUT2D eigenvalue weighted by atomic mass is 10.1. The Hall–Kier alpha value is -1.49. The van der Waals surface area contributed by atoms with Crippen molar-refractivity contribution < 1.29 is 4.74 Å². The number of ether oxygens (including phenoxy) is 1. The van der Waals surface area contributed by atoms with Gasteiger partial charge in [0.15, 0.2) is 0 Å². The topological polar surface area (TPSA) is 13.6 Å². The van der Waals surface area contributed by atoms with Gasteiger partial charge in [-0.3, -0.25) is 0 Å². The maximum atomic E-state index is 6.64. The Morgan fingerprint density at radius 3 is 2.54 bits per heavy atom. The Morgan fingerprint density at radius 2 is 2.00 bits per heavy atom. The zero-order valence-corrected chi connectivity index (χ0v) is 7.79. The van der Waals surface area contributed by atoms with Crippen molar-refractivity contribution >= 4 is 0 Å². The van der Waals surface area contributed by atoms with Crippen molar-refractivity contribution in [2.45, 2.75) is 12.8 Å². The van der Waals surface area contributed by atoms with Crippen molar-refractivity contribution in [3.05, 3.63) is 41.2 Å². The zero-order valence-electron chi connectivity index (χ0n) is 7.79. The summed E-state index contributed by atoms with van der Waals surface area (Å²) < 4.78 is 5.05. The molecule has 0 saturated heterocycles. The predicted molar refractivity (Wildman–Crippen MR) is 52.8 cm³/mol. The molecule has 0 heterocycles. The molecule has 0 aliphatic carbocycles. The normalized spacial score (nSPS) is 9.23. The molecule has 0 radical (unpaired) electrons. The van der Waals surface area contributed by atoms with Crippen molar-refractivity contribution in [1.82, 2.24) is 0 Å². The van der Waals surface area contributed by atoms with E-state index in [2.05, 4.69) is 4.85 Å². The van der Waals surface area contributed by atoms with E-state index in [-0.39, 0.29) is 0 Å². The summed E-state index contributed by atoms with van der Waals surface area (Å²) in [5.41, 5.74) is 1.27. The van der Waals surface area contributed by atoms with E-state index in [1.54, 1.807) is 7.11 Å². The molecule has 0 atom stereocenters. The summed E-state index contributed by atoms with van der Waals surface area (Å²) in [4.78, 5) is 3.31. The molecule has 0 unspecified atom stereocenters. The first kappa shape index (κ1) is 9.60. The molecule has 2 nitrogen and oxygen atoms in total. The maximum Gasteiger partial charge on any atom is 0.215 e. The third-order valence-electron chi connectivity index (χ3n) is 1.89. The lowest BCUT2D eigenvalue weighted by Gasteiger charge is -2.00. The van der Waals surface area contributed by atoms with E-state index in [0.717, 1.165) is 18.6 Å². The van der Waals surface area contributed by atoms with Crippen LogP contribution in [0.1, 0.15) is 12.0 Å². The summed E-state index contributed by atoms with van der Waals surface area (Å²) in [6.07, 6.45) is 1.92. The van der Waals surface area contributed by atoms with Crippen molar-refractivity contribution in [2.24, 2.45) is 0 Å². The molecule has 2 heteroatoms. The van der Waals surface area contributed by atoms with E-state index < -0.39 is 0 Å². The Labute approximate surface area is 79.0 Å². The van der Waals surface area contributed by atoms with Gasteiger partial charge in [-0.2, -0.15) is 0 Å². The monoisotopic (exact) mass is 175 g/mol. The van der Waals surface area contributed by atoms with E-state index in [0.29, 0.717) is 6.54 Å². The number of benzene rings is 1. The number of nitrogens with zero attached hydrogens (tertiary/aromatic N) is 1. The first-order valence-corrected chi connectivity index (χ1v) is 4.33. The summed E-state index contributed by atoms with van der Waals surface area (Å²) in [7, 11) is 1.66. The van der Waals surface area contributed by atoms with Gasteiger partial charge in [0.25, 0.3) is 0 Å². The Balaban J connectivity index is 2.45. The van der Waals surface area contributed by atoms with Crippen LogP contribution < -0.4 is 4.74 Å². The van der Waals surface area contributed by atoms with Crippen LogP contribution in [0, 0.1) is 6.57 Å². The van der Waals surface area contributed by atoms with Crippen LogP contribution in [-0.2, 0) is 6.42 Å². The van der Waals surface area contributed by atoms with Crippen LogP contribution in [-0.4, -0.2) is 13.7 Å². The van der Waals surface area contributed by atoms with Gasteiger partial charge >= 0.3 is 0 Å². The second-order valence-corrected chi connectivity index (χ2v) is 2.83. The van der Waals surface area contributed by atoms with E-state index >= 15 is 0 Å². The number of aryl methyl sites for hydroxylation is 1. The maximum absolute atomic E-state index is 6.64. The second kappa shape index (κ2) is 5.21. The molecular weight excluding hydrogens is 162 g/mol. The first-order chi connectivity index (χ1) is 6.36. The van der Waals surface area contributed by atoms with Crippen molar-refractivity contribution in [2.75, 3.05) is 13.7 Å². The summed E-state index contributed by atoms with van der Waals surface area (Å²) >= 11 is 0. The van der Waals surface area contributed by atoms with Gasteiger partial charge in [0, 0.05) is 6.42 Å². The highest BCUT2D eigenvalue weighted by atomic mass is 16.5. The fourth-order valence-corrected chi connectivity index (χ4v) is 1.15. The number of methoxy groups -OCH3 is 1. The zero-order chi connectivity index (χ0) is 9.52. The van der Waals surface area contributed by atoms with Crippen LogP contribution in [0.25, 0.3) is 4.85 Å². The molecule has 0 amide bonds. The van der Waals surface area contributed by atoms with Gasteiger partial charge < -0.3 is 9.58 Å². The Morgan fingerprint density at radius 1 is 1.31 bits per heavy atom. The van der Waals surface area contributed by atoms with Crippen molar-refractivity contribution in [3.8, 4) is 5.75 Å². The van der Waals surface area contributed by atoms with Gasteiger partial charge in [-0.25, -0.2) is 6.57 Å². The van der Waals surface area contributed by atoms with E-state index in [1.807, 2.05) is 24.3 Å². The number of hydrogen-bond acceptors (Lipinski definition) is 1. The Bertz CT molecular complexity index is 284. The molecule has 0 aromatic heterocycles. The highest BCUT2D eigenvalue weighted by molar-refractivity contribution is 5.27. The predicted octanol–water partition coefficient (Wildman–Crippen LogP) is 2.55. The van der Waals surface area contributed by atoms with Gasteiger partial charge in [-0.15, -0.1) is 0 Å². The van der Waals surface area contributed by atoms with E-state index in [4.69, 9.17) is 11.3 Å². The second-order valence-electron chi connectivity index (χ2n) is 2.83. The SMILES string of the molecule is [C-]#[N+]CCCc1ccc(OC)cc1. The van der Waals surface area contributed by atoms with E-state index in [1.165, 1.54) is 5.56 Å². The molecule has 0 aliphatic rings. The van der Waals surface area contributed by atoms with Gasteiger partial charge in [-0.05, 0) is 24.1 Å². The highest BCUT2D eigenvalue weighted by Crippen LogP contribution is 2.12. The summed E-state index contributed by atoms with van der Waals surface area (Å²) in [5.74, 6) is 0.883. The smallest absolute Gasteiger partial charge is 0.215 e. The molecule has 0 saturated carbocycles. The molecule has 1 aromatic carbocycles. The van der Waals surface area contributed by atoms with Crippen LogP contribution >= 0.6 is 0 Å². The van der Waals surface area contributed by atoms with Crippen LogP contribution in [0.2, 0.25) is 0 Å². The average Bonchev–Trinajstić information content (AvgIpc) is 2.19. The quantitative estimate of drug-likeness (QED) is 0.506. The highest BCUT2D eigenvalue weighted by Gasteiger charge is 1.95. The molecule has 68 valence electrons. The van der Waals surface area contributed by atoms with Gasteiger partial charge in [0.05, 0.1) is 7.11 Å².